The lowest BCUT2D eigenvalue weighted by Crippen LogP contribution is -2.42. The highest BCUT2D eigenvalue weighted by molar-refractivity contribution is 5.94. The number of hydrogen-bond donors (Lipinski definition) is 1. The molecule has 0 aliphatic carbocycles. The first-order valence-corrected chi connectivity index (χ1v) is 8.49. The first-order chi connectivity index (χ1) is 12.9. The third kappa shape index (κ3) is 4.02. The molecule has 1 aliphatic heterocycles. The fourth-order valence-electron chi connectivity index (χ4n) is 2.93. The molecule has 0 spiro atoms. The van der Waals surface area contributed by atoms with Crippen LogP contribution < -0.4 is 15.9 Å². The van der Waals surface area contributed by atoms with E-state index in [0.717, 1.165) is 5.35 Å². The number of rotatable bonds is 4. The predicted octanol–water partition coefficient (Wildman–Crippen LogP) is 0.423. The summed E-state index contributed by atoms with van der Waals surface area (Å²) in [5, 5.41) is 8.15. The number of hydrogen-bond acceptors (Lipinski definition) is 4. The van der Waals surface area contributed by atoms with Crippen LogP contribution in [0.25, 0.3) is 18.1 Å². The number of aromatic nitrogens is 3. The molecule has 142 valence electrons. The Morgan fingerprint density at radius 3 is 2.59 bits per heavy atom. The number of halogens is 2. The van der Waals surface area contributed by atoms with Crippen LogP contribution in [0, 0.1) is 0 Å². The van der Waals surface area contributed by atoms with Crippen LogP contribution in [0.2, 0.25) is 0 Å². The summed E-state index contributed by atoms with van der Waals surface area (Å²) in [5.41, 5.74) is 0.340. The number of nitrogens with one attached hydrogen (secondary N) is 1. The van der Waals surface area contributed by atoms with E-state index in [1.165, 1.54) is 17.3 Å². The second-order valence-corrected chi connectivity index (χ2v) is 6.17. The molecule has 1 N–H and O–H groups in total. The first-order valence-electron chi connectivity index (χ1n) is 8.49. The predicted molar refractivity (Wildman–Crippen MR) is 94.5 cm³/mol. The zero-order valence-corrected chi connectivity index (χ0v) is 14.7. The summed E-state index contributed by atoms with van der Waals surface area (Å²) in [6.07, 6.45) is 6.27. The SMILES string of the molecule is C/C=c1\c(=C/NC=O)cnn1-c1ccc(C(=O)N2CCC(F)(F)CC2)cn1. The standard InChI is InChI=1S/C18H19F2N5O2/c1-2-15-14(9-21-12-26)11-23-25(15)16-4-3-13(10-22-16)17(27)24-7-5-18(19,20)6-8-24/h2-4,9-12H,5-8H2,1H3,(H,21,26)/b14-9-,15-2+. The molecular weight excluding hydrogens is 356 g/mol. The molecule has 2 aromatic heterocycles. The monoisotopic (exact) mass is 375 g/mol. The summed E-state index contributed by atoms with van der Waals surface area (Å²) in [7, 11) is 0. The Balaban J connectivity index is 1.81. The van der Waals surface area contributed by atoms with Gasteiger partial charge in [-0.25, -0.2) is 18.4 Å². The topological polar surface area (TPSA) is 80.1 Å². The van der Waals surface area contributed by atoms with E-state index in [0.29, 0.717) is 23.0 Å². The average Bonchev–Trinajstić information content (AvgIpc) is 3.08. The molecule has 0 unspecified atom stereocenters. The van der Waals surface area contributed by atoms with Crippen LogP contribution in [0.5, 0.6) is 0 Å². The number of piperidine rings is 1. The zero-order chi connectivity index (χ0) is 19.4. The number of carbonyl (C=O) groups excluding carboxylic acids is 2. The Kier molecular flexibility index (Phi) is 5.29. The van der Waals surface area contributed by atoms with Crippen molar-refractivity contribution in [2.24, 2.45) is 0 Å². The van der Waals surface area contributed by atoms with Crippen molar-refractivity contribution < 1.29 is 18.4 Å². The number of pyridine rings is 1. The lowest BCUT2D eigenvalue weighted by molar-refractivity contribution is -0.108. The van der Waals surface area contributed by atoms with Gasteiger partial charge in [-0.1, -0.05) is 6.08 Å². The van der Waals surface area contributed by atoms with Crippen molar-refractivity contribution in [3.8, 4) is 5.82 Å². The molecule has 0 atom stereocenters. The van der Waals surface area contributed by atoms with Gasteiger partial charge in [0.25, 0.3) is 11.8 Å². The summed E-state index contributed by atoms with van der Waals surface area (Å²) in [4.78, 5) is 28.6. The molecular formula is C18H19F2N5O2. The van der Waals surface area contributed by atoms with Gasteiger partial charge >= 0.3 is 0 Å². The third-order valence-electron chi connectivity index (χ3n) is 4.41. The van der Waals surface area contributed by atoms with Crippen molar-refractivity contribution in [1.82, 2.24) is 25.0 Å². The summed E-state index contributed by atoms with van der Waals surface area (Å²) in [5.74, 6) is -2.51. The van der Waals surface area contributed by atoms with E-state index in [1.807, 2.05) is 13.0 Å². The highest BCUT2D eigenvalue weighted by Gasteiger charge is 2.35. The molecule has 1 aliphatic rings. The smallest absolute Gasteiger partial charge is 0.255 e. The number of carbonyl (C=O) groups is 2. The number of nitrogens with zero attached hydrogens (tertiary/aromatic N) is 4. The van der Waals surface area contributed by atoms with Gasteiger partial charge in [0.2, 0.25) is 6.41 Å². The quantitative estimate of drug-likeness (QED) is 0.786. The number of likely N-dealkylation sites (tertiary alicyclic amines) is 1. The Hall–Kier alpha value is -3.10. The lowest BCUT2D eigenvalue weighted by atomic mass is 10.1. The van der Waals surface area contributed by atoms with Crippen molar-refractivity contribution in [3.63, 3.8) is 0 Å². The first kappa shape index (κ1) is 18.7. The normalized spacial score (nSPS) is 17.8. The van der Waals surface area contributed by atoms with Crippen LogP contribution >= 0.6 is 0 Å². The second-order valence-electron chi connectivity index (χ2n) is 6.17. The van der Waals surface area contributed by atoms with E-state index >= 15 is 0 Å². The molecule has 0 radical (unpaired) electrons. The molecule has 2 aromatic rings. The van der Waals surface area contributed by atoms with Crippen molar-refractivity contribution in [3.05, 3.63) is 40.7 Å². The summed E-state index contributed by atoms with van der Waals surface area (Å²) < 4.78 is 28.1. The van der Waals surface area contributed by atoms with Crippen LogP contribution in [0.1, 0.15) is 30.1 Å². The number of alkyl halides is 2. The molecule has 1 fully saturated rings. The van der Waals surface area contributed by atoms with Gasteiger partial charge < -0.3 is 10.2 Å². The molecule has 3 heterocycles. The molecule has 2 amide bonds. The van der Waals surface area contributed by atoms with Crippen molar-refractivity contribution >= 4 is 24.6 Å². The van der Waals surface area contributed by atoms with Crippen molar-refractivity contribution in [1.29, 1.82) is 0 Å². The fourth-order valence-corrected chi connectivity index (χ4v) is 2.93. The van der Waals surface area contributed by atoms with E-state index < -0.39 is 5.92 Å². The summed E-state index contributed by atoms with van der Waals surface area (Å²) >= 11 is 0. The largest absolute Gasteiger partial charge is 0.338 e. The molecule has 9 heteroatoms. The van der Waals surface area contributed by atoms with Gasteiger partial charge in [-0.15, -0.1) is 0 Å². The Morgan fingerprint density at radius 1 is 1.26 bits per heavy atom. The van der Waals surface area contributed by atoms with E-state index in [9.17, 15) is 18.4 Å². The highest BCUT2D eigenvalue weighted by atomic mass is 19.3. The van der Waals surface area contributed by atoms with Gasteiger partial charge in [0.15, 0.2) is 5.82 Å². The molecule has 0 bridgehead atoms. The maximum absolute atomic E-state index is 13.2. The van der Waals surface area contributed by atoms with Crippen molar-refractivity contribution in [2.75, 3.05) is 13.1 Å². The maximum atomic E-state index is 13.2. The summed E-state index contributed by atoms with van der Waals surface area (Å²) in [6, 6.07) is 3.24. The fraction of sp³-hybridized carbons (Fsp3) is 0.333. The van der Waals surface area contributed by atoms with E-state index in [2.05, 4.69) is 15.4 Å². The van der Waals surface area contributed by atoms with Crippen molar-refractivity contribution in [2.45, 2.75) is 25.7 Å². The minimum absolute atomic E-state index is 0.0324. The maximum Gasteiger partial charge on any atom is 0.255 e. The Bertz CT molecular complexity index is 943. The molecule has 7 nitrogen and oxygen atoms in total. The van der Waals surface area contributed by atoms with Gasteiger partial charge in [0, 0.05) is 43.5 Å². The van der Waals surface area contributed by atoms with E-state index in [1.54, 1.807) is 23.0 Å². The van der Waals surface area contributed by atoms with Gasteiger partial charge in [-0.05, 0) is 19.1 Å². The molecule has 1 saturated heterocycles. The van der Waals surface area contributed by atoms with E-state index in [-0.39, 0.29) is 31.8 Å². The summed E-state index contributed by atoms with van der Waals surface area (Å²) in [6.45, 7) is 1.89. The Labute approximate surface area is 154 Å². The van der Waals surface area contributed by atoms with Gasteiger partial charge in [0.1, 0.15) is 0 Å². The van der Waals surface area contributed by atoms with Crippen LogP contribution in [0.15, 0.2) is 24.5 Å². The molecule has 27 heavy (non-hydrogen) atoms. The minimum Gasteiger partial charge on any atom is -0.338 e. The highest BCUT2D eigenvalue weighted by Crippen LogP contribution is 2.28. The van der Waals surface area contributed by atoms with Crippen LogP contribution in [0.3, 0.4) is 0 Å². The lowest BCUT2D eigenvalue weighted by Gasteiger charge is -2.31. The van der Waals surface area contributed by atoms with Gasteiger partial charge in [-0.3, -0.25) is 9.59 Å². The molecule has 0 saturated carbocycles. The van der Waals surface area contributed by atoms with Crippen LogP contribution in [-0.2, 0) is 4.79 Å². The van der Waals surface area contributed by atoms with Gasteiger partial charge in [0.05, 0.1) is 17.1 Å². The zero-order valence-electron chi connectivity index (χ0n) is 14.7. The van der Waals surface area contributed by atoms with E-state index in [4.69, 9.17) is 0 Å². The average molecular weight is 375 g/mol. The minimum atomic E-state index is -2.69. The second kappa shape index (κ2) is 7.65. The van der Waals surface area contributed by atoms with Crippen LogP contribution in [-0.4, -0.2) is 51.0 Å². The van der Waals surface area contributed by atoms with Gasteiger partial charge in [-0.2, -0.15) is 5.10 Å². The third-order valence-corrected chi connectivity index (χ3v) is 4.41. The number of amides is 2. The van der Waals surface area contributed by atoms with Crippen LogP contribution in [0.4, 0.5) is 8.78 Å². The Morgan fingerprint density at radius 2 is 2.00 bits per heavy atom. The molecule has 3 rings (SSSR count). The molecule has 0 aromatic carbocycles.